The number of fused-ring (bicyclic) bond motifs is 3. The molecular formula is C21H24Cl2N6OS2. The smallest absolute Gasteiger partial charge is 0.190 e. The van der Waals surface area contributed by atoms with Crippen LogP contribution in [-0.2, 0) is 0 Å². The van der Waals surface area contributed by atoms with E-state index in [9.17, 15) is 0 Å². The van der Waals surface area contributed by atoms with E-state index in [0.717, 1.165) is 52.4 Å². The summed E-state index contributed by atoms with van der Waals surface area (Å²) in [4.78, 5) is 14.4. The third-order valence-corrected chi connectivity index (χ3v) is 7.03. The van der Waals surface area contributed by atoms with Crippen molar-refractivity contribution in [1.29, 1.82) is 0 Å². The maximum Gasteiger partial charge on any atom is 0.190 e. The van der Waals surface area contributed by atoms with Crippen LogP contribution in [0.1, 0.15) is 38.7 Å². The number of anilines is 1. The van der Waals surface area contributed by atoms with Gasteiger partial charge in [-0.25, -0.2) is 20.0 Å². The molecule has 170 valence electrons. The lowest BCUT2D eigenvalue weighted by molar-refractivity contribution is 0.276. The zero-order chi connectivity index (χ0) is 22.7. The fourth-order valence-electron chi connectivity index (χ4n) is 3.27. The highest BCUT2D eigenvalue weighted by molar-refractivity contribution is 7.99. The summed E-state index contributed by atoms with van der Waals surface area (Å²) in [6.45, 7) is 4.30. The predicted molar refractivity (Wildman–Crippen MR) is 134 cm³/mol. The SMILES string of the molecule is CCCCSc1nc2c(c(SC)n1)C1=NC(=COc3ccc(Cl)cc3Cl)NN1C(CC)N2. The van der Waals surface area contributed by atoms with Crippen LogP contribution < -0.4 is 15.5 Å². The number of hydrazine groups is 1. The first-order valence-electron chi connectivity index (χ1n) is 10.4. The van der Waals surface area contributed by atoms with Crippen LogP contribution in [-0.4, -0.2) is 39.0 Å². The summed E-state index contributed by atoms with van der Waals surface area (Å²) < 4.78 is 5.76. The Labute approximate surface area is 206 Å². The lowest BCUT2D eigenvalue weighted by atomic mass is 10.2. The molecule has 1 aromatic heterocycles. The van der Waals surface area contributed by atoms with Crippen molar-refractivity contribution >= 4 is 58.4 Å². The molecule has 1 aromatic carbocycles. The number of ether oxygens (including phenoxy) is 1. The lowest BCUT2D eigenvalue weighted by Crippen LogP contribution is -2.52. The second kappa shape index (κ2) is 10.4. The fourth-order valence-corrected chi connectivity index (χ4v) is 5.28. The van der Waals surface area contributed by atoms with E-state index >= 15 is 0 Å². The molecule has 7 nitrogen and oxygen atoms in total. The largest absolute Gasteiger partial charge is 0.460 e. The Balaban J connectivity index is 1.65. The minimum atomic E-state index is -0.00984. The quantitative estimate of drug-likeness (QED) is 0.147. The van der Waals surface area contributed by atoms with Crippen molar-refractivity contribution in [3.8, 4) is 5.75 Å². The van der Waals surface area contributed by atoms with Gasteiger partial charge in [-0.3, -0.25) is 5.43 Å². The highest BCUT2D eigenvalue weighted by Crippen LogP contribution is 2.35. The van der Waals surface area contributed by atoms with E-state index in [1.807, 2.05) is 11.3 Å². The van der Waals surface area contributed by atoms with Gasteiger partial charge in [-0.15, -0.1) is 11.8 Å². The van der Waals surface area contributed by atoms with Crippen LogP contribution in [0.2, 0.25) is 10.0 Å². The molecule has 32 heavy (non-hydrogen) atoms. The van der Waals surface area contributed by atoms with Crippen LogP contribution >= 0.6 is 46.7 Å². The molecule has 2 N–H and O–H groups in total. The first kappa shape index (κ1) is 23.4. The number of hydrogen-bond acceptors (Lipinski definition) is 9. The van der Waals surface area contributed by atoms with Gasteiger partial charge >= 0.3 is 0 Å². The van der Waals surface area contributed by atoms with Gasteiger partial charge in [-0.1, -0.05) is 55.2 Å². The molecule has 0 amide bonds. The maximum atomic E-state index is 6.21. The Bertz CT molecular complexity index is 1060. The standard InChI is InChI=1S/C21H24Cl2N6OS2/c1-4-6-9-32-21-26-18-17(20(27-21)31-3)19-24-15(28-29(19)16(5-2)25-18)11-30-14-8-7-12(22)10-13(14)23/h7-8,10-11,16,28H,4-6,9H2,1-3H3,(H,25,26,27). The molecule has 0 saturated carbocycles. The van der Waals surface area contributed by atoms with Crippen LogP contribution in [0.15, 0.2) is 45.5 Å². The van der Waals surface area contributed by atoms with E-state index in [2.05, 4.69) is 24.6 Å². The topological polar surface area (TPSA) is 74.7 Å². The average molecular weight is 512 g/mol. The number of rotatable bonds is 8. The molecule has 0 spiro atoms. The molecule has 2 aliphatic heterocycles. The molecule has 1 atom stereocenters. The van der Waals surface area contributed by atoms with E-state index in [1.54, 1.807) is 48.0 Å². The Morgan fingerprint density at radius 1 is 1.25 bits per heavy atom. The molecule has 0 radical (unpaired) electrons. The fraction of sp³-hybridized carbons (Fsp3) is 0.381. The summed E-state index contributed by atoms with van der Waals surface area (Å²) in [6, 6.07) is 5.09. The first-order chi connectivity index (χ1) is 15.5. The van der Waals surface area contributed by atoms with Gasteiger partial charge in [0.2, 0.25) is 0 Å². The molecule has 3 heterocycles. The molecule has 0 fully saturated rings. The number of benzene rings is 1. The Morgan fingerprint density at radius 2 is 2.09 bits per heavy atom. The van der Waals surface area contributed by atoms with Crippen molar-refractivity contribution in [3.05, 3.63) is 45.9 Å². The Kier molecular flexibility index (Phi) is 7.60. The van der Waals surface area contributed by atoms with Crippen molar-refractivity contribution < 1.29 is 4.74 Å². The highest BCUT2D eigenvalue weighted by Gasteiger charge is 2.37. The van der Waals surface area contributed by atoms with Crippen LogP contribution in [0.3, 0.4) is 0 Å². The number of hydrogen-bond donors (Lipinski definition) is 2. The number of thioether (sulfide) groups is 2. The van der Waals surface area contributed by atoms with Gasteiger partial charge in [0.1, 0.15) is 29.0 Å². The monoisotopic (exact) mass is 510 g/mol. The number of amidine groups is 1. The van der Waals surface area contributed by atoms with E-state index in [0.29, 0.717) is 21.6 Å². The normalized spacial score (nSPS) is 18.0. The van der Waals surface area contributed by atoms with Gasteiger partial charge in [0, 0.05) is 10.8 Å². The molecule has 4 rings (SSSR count). The number of halogens is 2. The van der Waals surface area contributed by atoms with E-state index in [1.165, 1.54) is 0 Å². The zero-order valence-corrected chi connectivity index (χ0v) is 21.1. The van der Waals surface area contributed by atoms with Crippen molar-refractivity contribution in [2.75, 3.05) is 17.3 Å². The molecule has 11 heteroatoms. The van der Waals surface area contributed by atoms with Gasteiger partial charge in [-0.05, 0) is 37.3 Å². The summed E-state index contributed by atoms with van der Waals surface area (Å²) in [6.07, 6.45) is 6.69. The Hall–Kier alpha value is -1.81. The summed E-state index contributed by atoms with van der Waals surface area (Å²) in [5.74, 6) is 3.66. The van der Waals surface area contributed by atoms with E-state index in [-0.39, 0.29) is 6.17 Å². The molecular weight excluding hydrogens is 487 g/mol. The first-order valence-corrected chi connectivity index (χ1v) is 13.3. The van der Waals surface area contributed by atoms with Crippen molar-refractivity contribution in [2.24, 2.45) is 4.99 Å². The van der Waals surface area contributed by atoms with Crippen LogP contribution in [0.25, 0.3) is 0 Å². The number of nitrogens with zero attached hydrogens (tertiary/aromatic N) is 4. The van der Waals surface area contributed by atoms with Gasteiger partial charge in [0.05, 0.1) is 10.6 Å². The number of nitrogens with one attached hydrogen (secondary N) is 2. The summed E-state index contributed by atoms with van der Waals surface area (Å²) in [7, 11) is 0. The van der Waals surface area contributed by atoms with Crippen molar-refractivity contribution in [1.82, 2.24) is 20.4 Å². The zero-order valence-electron chi connectivity index (χ0n) is 18.0. The van der Waals surface area contributed by atoms with Gasteiger partial charge < -0.3 is 10.1 Å². The second-order valence-electron chi connectivity index (χ2n) is 7.12. The van der Waals surface area contributed by atoms with E-state index in [4.69, 9.17) is 42.9 Å². The van der Waals surface area contributed by atoms with Crippen molar-refractivity contribution in [3.63, 3.8) is 0 Å². The van der Waals surface area contributed by atoms with Crippen LogP contribution in [0.4, 0.5) is 5.82 Å². The van der Waals surface area contributed by atoms with Crippen molar-refractivity contribution in [2.45, 2.75) is 49.5 Å². The number of aromatic nitrogens is 2. The summed E-state index contributed by atoms with van der Waals surface area (Å²) >= 11 is 15.5. The third-order valence-electron chi connectivity index (χ3n) is 4.88. The molecule has 2 aromatic rings. The van der Waals surface area contributed by atoms with Gasteiger partial charge in [-0.2, -0.15) is 0 Å². The number of unbranched alkanes of at least 4 members (excludes halogenated alkanes) is 1. The van der Waals surface area contributed by atoms with Gasteiger partial charge in [0.25, 0.3) is 0 Å². The molecule has 0 aliphatic carbocycles. The Morgan fingerprint density at radius 3 is 2.81 bits per heavy atom. The minimum Gasteiger partial charge on any atom is -0.460 e. The number of aliphatic imine (C=N–C) groups is 1. The molecule has 0 saturated heterocycles. The molecule has 0 bridgehead atoms. The second-order valence-corrected chi connectivity index (χ2v) is 9.82. The lowest BCUT2D eigenvalue weighted by Gasteiger charge is -2.36. The third kappa shape index (κ3) is 4.90. The van der Waals surface area contributed by atoms with Crippen LogP contribution in [0, 0.1) is 0 Å². The van der Waals surface area contributed by atoms with Crippen LogP contribution in [0.5, 0.6) is 5.75 Å². The average Bonchev–Trinajstić information content (AvgIpc) is 3.21. The minimum absolute atomic E-state index is 0.00984. The predicted octanol–water partition coefficient (Wildman–Crippen LogP) is 6.00. The molecule has 1 unspecified atom stereocenters. The summed E-state index contributed by atoms with van der Waals surface area (Å²) in [5, 5.41) is 8.20. The highest BCUT2D eigenvalue weighted by atomic mass is 35.5. The molecule has 2 aliphatic rings. The van der Waals surface area contributed by atoms with Gasteiger partial charge in [0.15, 0.2) is 16.8 Å². The van der Waals surface area contributed by atoms with E-state index < -0.39 is 0 Å². The maximum absolute atomic E-state index is 6.21. The summed E-state index contributed by atoms with van der Waals surface area (Å²) in [5.41, 5.74) is 4.20.